The van der Waals surface area contributed by atoms with Crippen molar-refractivity contribution in [3.05, 3.63) is 71.8 Å². The Kier molecular flexibility index (Phi) is 3.73. The van der Waals surface area contributed by atoms with E-state index < -0.39 is 0 Å². The Morgan fingerprint density at radius 1 is 0.960 bits per heavy atom. The van der Waals surface area contributed by atoms with Crippen molar-refractivity contribution < 1.29 is 13.8 Å². The van der Waals surface area contributed by atoms with Gasteiger partial charge >= 0.3 is 0 Å². The zero-order valence-corrected chi connectivity index (χ0v) is 14.1. The molecule has 2 aliphatic rings. The number of benzene rings is 3. The second-order valence-electron chi connectivity index (χ2n) is 5.91. The maximum absolute atomic E-state index is 13.4. The van der Waals surface area contributed by atoms with Crippen LogP contribution in [-0.4, -0.2) is 14.1 Å². The molecule has 0 saturated carbocycles. The van der Waals surface area contributed by atoms with Gasteiger partial charge in [0.25, 0.3) is 0 Å². The van der Waals surface area contributed by atoms with Crippen LogP contribution in [0.4, 0.5) is 10.1 Å². The van der Waals surface area contributed by atoms with Crippen molar-refractivity contribution in [2.75, 3.05) is 19.4 Å². The largest absolute Gasteiger partial charge is 0.456 e. The van der Waals surface area contributed by atoms with E-state index in [1.807, 2.05) is 62.6 Å². The molecule has 0 aromatic heterocycles. The summed E-state index contributed by atoms with van der Waals surface area (Å²) >= 11 is 0. The quantitative estimate of drug-likeness (QED) is 0.554. The molecule has 4 heteroatoms. The first-order valence-electron chi connectivity index (χ1n) is 8.14. The van der Waals surface area contributed by atoms with Gasteiger partial charge in [0, 0.05) is 41.4 Å². The molecule has 2 aromatic carbocycles. The average Bonchev–Trinajstić information content (AvgIpc) is 2.66. The Hall–Kier alpha value is -3.14. The van der Waals surface area contributed by atoms with Crippen molar-refractivity contribution in [2.24, 2.45) is 0 Å². The number of hydrogen-bond donors (Lipinski definition) is 2. The molecule has 0 radical (unpaired) electrons. The Balaban J connectivity index is 2.14. The molecule has 1 aliphatic heterocycles. The highest BCUT2D eigenvalue weighted by molar-refractivity contribution is 6.02. The number of anilines is 1. The lowest BCUT2D eigenvalue weighted by molar-refractivity contribution is -0.465. The lowest BCUT2D eigenvalue weighted by Gasteiger charge is -2.15. The molecule has 0 atom stereocenters. The van der Waals surface area contributed by atoms with Crippen LogP contribution in [0.25, 0.3) is 33.4 Å². The maximum Gasteiger partial charge on any atom is 0.201 e. The fraction of sp³-hybridized carbons (Fsp3) is 0.0952. The Labute approximate surface area is 144 Å². The summed E-state index contributed by atoms with van der Waals surface area (Å²) in [6.07, 6.45) is 0. The van der Waals surface area contributed by atoms with Crippen molar-refractivity contribution in [1.82, 2.24) is 0 Å². The second-order valence-corrected chi connectivity index (χ2v) is 5.91. The molecule has 0 saturated heterocycles. The van der Waals surface area contributed by atoms with Gasteiger partial charge in [0.05, 0.1) is 6.07 Å². The lowest BCUT2D eigenvalue weighted by atomic mass is 9.93. The van der Waals surface area contributed by atoms with Gasteiger partial charge in [-0.25, -0.2) is 9.38 Å². The Morgan fingerprint density at radius 3 is 2.48 bits per heavy atom. The van der Waals surface area contributed by atoms with Gasteiger partial charge in [-0.15, -0.1) is 0 Å². The van der Waals surface area contributed by atoms with Gasteiger partial charge in [-0.2, -0.15) is 0 Å². The highest BCUT2D eigenvalue weighted by Crippen LogP contribution is 2.40. The van der Waals surface area contributed by atoms with Gasteiger partial charge in [-0.3, -0.25) is 0 Å². The SMILES string of the molecule is CNc1ccc2c(-c3ccc(F)cc3)c3ccc(=[NH+]C)cc-3oc2c1. The third-order valence-electron chi connectivity index (χ3n) is 4.43. The Morgan fingerprint density at radius 2 is 1.76 bits per heavy atom. The van der Waals surface area contributed by atoms with Crippen LogP contribution in [0.3, 0.4) is 0 Å². The molecule has 0 fully saturated rings. The summed E-state index contributed by atoms with van der Waals surface area (Å²) in [4.78, 5) is 3.13. The van der Waals surface area contributed by atoms with Crippen molar-refractivity contribution in [3.63, 3.8) is 0 Å². The molecular weight excluding hydrogens is 315 g/mol. The standard InChI is InChI=1S/C21H17FN2O/c1-23-15-7-9-17-19(11-15)25-20-12-16(24-2)8-10-18(20)21(17)13-3-5-14(22)6-4-13/h3-12,23H,1-2H3/p+1. The summed E-state index contributed by atoms with van der Waals surface area (Å²) in [6, 6.07) is 18.6. The van der Waals surface area contributed by atoms with Crippen LogP contribution in [0, 0.1) is 5.82 Å². The number of halogens is 1. The van der Waals surface area contributed by atoms with Gasteiger partial charge in [0.15, 0.2) is 0 Å². The van der Waals surface area contributed by atoms with E-state index in [1.165, 1.54) is 12.1 Å². The fourth-order valence-corrected chi connectivity index (χ4v) is 3.13. The summed E-state index contributed by atoms with van der Waals surface area (Å²) in [5.41, 5.74) is 4.76. The second kappa shape index (κ2) is 6.06. The summed E-state index contributed by atoms with van der Waals surface area (Å²) in [5.74, 6) is 0.542. The molecule has 2 aromatic rings. The minimum Gasteiger partial charge on any atom is -0.456 e. The van der Waals surface area contributed by atoms with Crippen LogP contribution >= 0.6 is 0 Å². The van der Waals surface area contributed by atoms with Gasteiger partial charge in [-0.1, -0.05) is 12.1 Å². The van der Waals surface area contributed by atoms with E-state index in [1.54, 1.807) is 0 Å². The molecule has 0 unspecified atom stereocenters. The third-order valence-corrected chi connectivity index (χ3v) is 4.43. The molecule has 124 valence electrons. The lowest BCUT2D eigenvalue weighted by Crippen LogP contribution is -2.71. The number of fused-ring (bicyclic) bond motifs is 2. The molecule has 4 rings (SSSR count). The topological polar surface area (TPSA) is 39.1 Å². The number of rotatable bonds is 2. The predicted octanol–water partition coefficient (Wildman–Crippen LogP) is 3.00. The number of nitrogens with one attached hydrogen (secondary N) is 2. The van der Waals surface area contributed by atoms with Crippen LogP contribution < -0.4 is 15.7 Å². The third kappa shape index (κ3) is 2.66. The van der Waals surface area contributed by atoms with Gasteiger partial charge in [-0.05, 0) is 35.9 Å². The minimum absolute atomic E-state index is 0.243. The molecule has 1 heterocycles. The molecule has 0 bridgehead atoms. The van der Waals surface area contributed by atoms with Crippen molar-refractivity contribution in [2.45, 2.75) is 0 Å². The van der Waals surface area contributed by atoms with Crippen molar-refractivity contribution in [1.29, 1.82) is 0 Å². The van der Waals surface area contributed by atoms with E-state index >= 15 is 0 Å². The monoisotopic (exact) mass is 333 g/mol. The molecular formula is C21H18FN2O+. The zero-order valence-electron chi connectivity index (χ0n) is 14.1. The van der Waals surface area contributed by atoms with Crippen molar-refractivity contribution >= 4 is 16.7 Å². The molecule has 25 heavy (non-hydrogen) atoms. The van der Waals surface area contributed by atoms with E-state index in [-0.39, 0.29) is 5.82 Å². The highest BCUT2D eigenvalue weighted by Gasteiger charge is 2.17. The fourth-order valence-electron chi connectivity index (χ4n) is 3.13. The van der Waals surface area contributed by atoms with E-state index in [0.29, 0.717) is 0 Å². The summed E-state index contributed by atoms with van der Waals surface area (Å²) < 4.78 is 19.6. The molecule has 2 N–H and O–H groups in total. The first-order chi connectivity index (χ1) is 12.2. The zero-order chi connectivity index (χ0) is 17.4. The highest BCUT2D eigenvalue weighted by atomic mass is 19.1. The molecule has 1 aliphatic carbocycles. The first kappa shape index (κ1) is 15.4. The van der Waals surface area contributed by atoms with Crippen LogP contribution in [0.15, 0.2) is 65.1 Å². The summed E-state index contributed by atoms with van der Waals surface area (Å²) in [5, 5.41) is 5.11. The summed E-state index contributed by atoms with van der Waals surface area (Å²) in [7, 11) is 3.75. The van der Waals surface area contributed by atoms with Crippen LogP contribution in [0.5, 0.6) is 0 Å². The number of hydrogen-bond acceptors (Lipinski definition) is 2. The first-order valence-corrected chi connectivity index (χ1v) is 8.14. The van der Waals surface area contributed by atoms with Gasteiger partial charge in [0.1, 0.15) is 24.2 Å². The molecule has 0 amide bonds. The average molecular weight is 333 g/mol. The molecule has 0 spiro atoms. The van der Waals surface area contributed by atoms with Crippen LogP contribution in [0.2, 0.25) is 0 Å². The normalized spacial score (nSPS) is 12.0. The van der Waals surface area contributed by atoms with Gasteiger partial charge in [0.2, 0.25) is 5.36 Å². The van der Waals surface area contributed by atoms with Crippen LogP contribution in [-0.2, 0) is 0 Å². The van der Waals surface area contributed by atoms with Crippen LogP contribution in [0.1, 0.15) is 0 Å². The molecule has 3 nitrogen and oxygen atoms in total. The van der Waals surface area contributed by atoms with E-state index in [0.717, 1.165) is 44.5 Å². The van der Waals surface area contributed by atoms with E-state index in [2.05, 4.69) is 10.3 Å². The maximum atomic E-state index is 13.4. The van der Waals surface area contributed by atoms with E-state index in [4.69, 9.17) is 4.42 Å². The minimum atomic E-state index is -0.243. The van der Waals surface area contributed by atoms with E-state index in [9.17, 15) is 4.39 Å². The van der Waals surface area contributed by atoms with Crippen molar-refractivity contribution in [3.8, 4) is 22.5 Å². The van der Waals surface area contributed by atoms with Gasteiger partial charge < -0.3 is 9.73 Å². The smallest absolute Gasteiger partial charge is 0.201 e. The Bertz CT molecular complexity index is 1100. The summed E-state index contributed by atoms with van der Waals surface area (Å²) in [6.45, 7) is 0. The predicted molar refractivity (Wildman–Crippen MR) is 97.8 cm³/mol.